The van der Waals surface area contributed by atoms with Gasteiger partial charge in [0.05, 0.1) is 44.8 Å². The summed E-state index contributed by atoms with van der Waals surface area (Å²) in [5.41, 5.74) is 1.83. The van der Waals surface area contributed by atoms with E-state index in [1.54, 1.807) is 48.5 Å². The largest absolute Gasteiger partial charge is 0.478 e. The molecule has 0 aromatic heterocycles. The third kappa shape index (κ3) is 5.69. The average molecular weight is 717 g/mol. The second-order valence-electron chi connectivity index (χ2n) is 12.2. The number of aromatic carboxylic acids is 2. The van der Waals surface area contributed by atoms with E-state index < -0.39 is 35.6 Å². The van der Waals surface area contributed by atoms with Gasteiger partial charge in [0.15, 0.2) is 0 Å². The third-order valence-corrected chi connectivity index (χ3v) is 8.98. The van der Waals surface area contributed by atoms with Crippen LogP contribution in [0.3, 0.4) is 0 Å². The van der Waals surface area contributed by atoms with E-state index in [0.29, 0.717) is 23.0 Å². The fourth-order valence-corrected chi connectivity index (χ4v) is 6.41. The first-order valence-corrected chi connectivity index (χ1v) is 16.4. The van der Waals surface area contributed by atoms with E-state index in [-0.39, 0.29) is 44.8 Å². The molecule has 8 rings (SSSR count). The minimum absolute atomic E-state index is 0.0131. The Bertz CT molecular complexity index is 2420. The van der Waals surface area contributed by atoms with Gasteiger partial charge in [-0.25, -0.2) is 19.4 Å². The summed E-state index contributed by atoms with van der Waals surface area (Å²) in [5, 5.41) is 19.1. The Morgan fingerprint density at radius 2 is 0.741 bits per heavy atom. The summed E-state index contributed by atoms with van der Waals surface area (Å²) in [5.74, 6) is -3.50. The molecule has 54 heavy (non-hydrogen) atoms. The quantitative estimate of drug-likeness (QED) is 0.140. The van der Waals surface area contributed by atoms with E-state index in [1.165, 1.54) is 60.7 Å². The summed E-state index contributed by atoms with van der Waals surface area (Å²) in [6.07, 6.45) is 0. The molecule has 0 radical (unpaired) electrons. The van der Waals surface area contributed by atoms with Crippen LogP contribution in [0.25, 0.3) is 11.1 Å². The Hall–Kier alpha value is -7.86. The number of imide groups is 2. The number of carbonyl (C=O) groups is 6. The lowest BCUT2D eigenvalue weighted by molar-refractivity contribution is 0.0686. The van der Waals surface area contributed by atoms with Crippen molar-refractivity contribution in [3.63, 3.8) is 0 Å². The maximum Gasteiger partial charge on any atom is 0.337 e. The first-order chi connectivity index (χ1) is 26.1. The van der Waals surface area contributed by atoms with E-state index in [2.05, 4.69) is 0 Å². The molecule has 4 amide bonds. The molecule has 12 heteroatoms. The van der Waals surface area contributed by atoms with Crippen molar-refractivity contribution in [1.29, 1.82) is 0 Å². The van der Waals surface area contributed by atoms with Crippen LogP contribution in [-0.2, 0) is 0 Å². The van der Waals surface area contributed by atoms with Gasteiger partial charge in [0.25, 0.3) is 23.6 Å². The fourth-order valence-electron chi connectivity index (χ4n) is 6.41. The molecule has 262 valence electrons. The van der Waals surface area contributed by atoms with Crippen molar-refractivity contribution in [2.75, 3.05) is 9.80 Å². The van der Waals surface area contributed by atoms with E-state index in [0.717, 1.165) is 20.9 Å². The van der Waals surface area contributed by atoms with Crippen molar-refractivity contribution in [2.45, 2.75) is 0 Å². The lowest BCUT2D eigenvalue weighted by Crippen LogP contribution is -2.30. The van der Waals surface area contributed by atoms with E-state index in [1.807, 2.05) is 24.3 Å². The smallest absolute Gasteiger partial charge is 0.337 e. The van der Waals surface area contributed by atoms with Crippen LogP contribution < -0.4 is 19.3 Å². The molecule has 12 nitrogen and oxygen atoms in total. The number of fused-ring (bicyclic) bond motifs is 2. The van der Waals surface area contributed by atoms with E-state index >= 15 is 0 Å². The van der Waals surface area contributed by atoms with Gasteiger partial charge in [-0.2, -0.15) is 0 Å². The van der Waals surface area contributed by atoms with Crippen LogP contribution in [-0.4, -0.2) is 45.8 Å². The van der Waals surface area contributed by atoms with Crippen molar-refractivity contribution in [3.8, 4) is 34.1 Å². The van der Waals surface area contributed by atoms with Gasteiger partial charge < -0.3 is 19.7 Å². The molecule has 0 saturated carbocycles. The predicted octanol–water partition coefficient (Wildman–Crippen LogP) is 7.94. The van der Waals surface area contributed by atoms with Crippen LogP contribution in [0.5, 0.6) is 23.0 Å². The Morgan fingerprint density at radius 1 is 0.407 bits per heavy atom. The summed E-state index contributed by atoms with van der Waals surface area (Å²) in [7, 11) is 0. The number of hydrogen-bond donors (Lipinski definition) is 2. The second-order valence-corrected chi connectivity index (χ2v) is 12.2. The molecule has 2 aliphatic rings. The molecule has 0 fully saturated rings. The Morgan fingerprint density at radius 3 is 1.11 bits per heavy atom. The first kappa shape index (κ1) is 33.3. The lowest BCUT2D eigenvalue weighted by Gasteiger charge is -2.16. The van der Waals surface area contributed by atoms with Crippen LogP contribution >= 0.6 is 0 Å². The normalized spacial score (nSPS) is 13.2. The van der Waals surface area contributed by atoms with Crippen LogP contribution in [0.2, 0.25) is 0 Å². The van der Waals surface area contributed by atoms with E-state index in [9.17, 15) is 39.0 Å². The number of anilines is 2. The van der Waals surface area contributed by atoms with Gasteiger partial charge in [0, 0.05) is 0 Å². The molecular weight excluding hydrogens is 692 g/mol. The number of carboxylic acid groups (broad SMARTS) is 2. The van der Waals surface area contributed by atoms with Crippen molar-refractivity contribution in [1.82, 2.24) is 0 Å². The molecule has 0 aliphatic carbocycles. The Balaban J connectivity index is 0.940. The van der Waals surface area contributed by atoms with Crippen LogP contribution in [0, 0.1) is 0 Å². The number of benzene rings is 6. The van der Waals surface area contributed by atoms with Crippen molar-refractivity contribution < 1.29 is 48.5 Å². The van der Waals surface area contributed by atoms with Gasteiger partial charge in [-0.3, -0.25) is 19.2 Å². The maximum absolute atomic E-state index is 13.3. The molecule has 0 bridgehead atoms. The zero-order chi connectivity index (χ0) is 37.7. The van der Waals surface area contributed by atoms with Gasteiger partial charge in [0.2, 0.25) is 0 Å². The van der Waals surface area contributed by atoms with Crippen molar-refractivity contribution in [3.05, 3.63) is 167 Å². The minimum atomic E-state index is -1.26. The Labute approximate surface area is 305 Å². The van der Waals surface area contributed by atoms with Crippen LogP contribution in [0.1, 0.15) is 62.1 Å². The SMILES string of the molecule is O=C(O)c1ccccc1N1C(=O)c2ccc(Oc3ccc(-c4ccc(Oc5ccc6c(c5)C(=O)N(c5ccccc5C(=O)O)C6=O)cc4)cc3)cc2C1=O. The molecule has 2 aliphatic heterocycles. The third-order valence-electron chi connectivity index (χ3n) is 8.98. The van der Waals surface area contributed by atoms with E-state index in [4.69, 9.17) is 9.47 Å². The standard InChI is InChI=1S/C42H24N2O10/c45-37-29-19-17-27(21-33(29)39(47)43(37)35-7-3-1-5-31(35)41(49)50)53-25-13-9-23(10-14-25)24-11-15-26(16-12-24)54-28-18-20-30-34(22-28)40(48)44(38(30)46)36-8-4-2-6-32(36)42(51)52/h1-22H,(H,49,50)(H,51,52). The number of amides is 4. The lowest BCUT2D eigenvalue weighted by atomic mass is 10.1. The number of ether oxygens (including phenoxy) is 2. The van der Waals surface area contributed by atoms with Crippen molar-refractivity contribution >= 4 is 46.9 Å². The average Bonchev–Trinajstić information content (AvgIpc) is 3.58. The number of carbonyl (C=O) groups excluding carboxylic acids is 4. The summed E-state index contributed by atoms with van der Waals surface area (Å²) in [6.45, 7) is 0. The second kappa shape index (κ2) is 13.0. The van der Waals surface area contributed by atoms with Gasteiger partial charge >= 0.3 is 11.9 Å². The highest BCUT2D eigenvalue weighted by Crippen LogP contribution is 2.36. The molecule has 6 aromatic carbocycles. The number of hydrogen-bond acceptors (Lipinski definition) is 8. The molecule has 0 spiro atoms. The fraction of sp³-hybridized carbons (Fsp3) is 0. The maximum atomic E-state index is 13.3. The zero-order valence-electron chi connectivity index (χ0n) is 27.8. The first-order valence-electron chi connectivity index (χ1n) is 16.4. The van der Waals surface area contributed by atoms with Crippen molar-refractivity contribution in [2.24, 2.45) is 0 Å². The molecule has 0 atom stereocenters. The molecule has 2 N–H and O–H groups in total. The monoisotopic (exact) mass is 716 g/mol. The topological polar surface area (TPSA) is 168 Å². The summed E-state index contributed by atoms with van der Waals surface area (Å²) >= 11 is 0. The van der Waals surface area contributed by atoms with Gasteiger partial charge in [-0.05, 0) is 96.1 Å². The number of carboxylic acids is 2. The van der Waals surface area contributed by atoms with Gasteiger partial charge in [-0.15, -0.1) is 0 Å². The molecule has 2 heterocycles. The molecule has 6 aromatic rings. The summed E-state index contributed by atoms with van der Waals surface area (Å²) < 4.78 is 12.0. The predicted molar refractivity (Wildman–Crippen MR) is 194 cm³/mol. The summed E-state index contributed by atoms with van der Waals surface area (Å²) in [6, 6.07) is 34.9. The molecule has 0 saturated heterocycles. The van der Waals surface area contributed by atoms with Crippen LogP contribution in [0.15, 0.2) is 133 Å². The van der Waals surface area contributed by atoms with Gasteiger partial charge in [-0.1, -0.05) is 48.5 Å². The summed E-state index contributed by atoms with van der Waals surface area (Å²) in [4.78, 5) is 77.9. The molecular formula is C42H24N2O10. The highest BCUT2D eigenvalue weighted by molar-refractivity contribution is 6.36. The molecule has 0 unspecified atom stereocenters. The highest BCUT2D eigenvalue weighted by atomic mass is 16.5. The van der Waals surface area contributed by atoms with Crippen LogP contribution in [0.4, 0.5) is 11.4 Å². The van der Waals surface area contributed by atoms with Gasteiger partial charge in [0.1, 0.15) is 23.0 Å². The Kier molecular flexibility index (Phi) is 8.04. The number of para-hydroxylation sites is 2. The highest BCUT2D eigenvalue weighted by Gasteiger charge is 2.40. The minimum Gasteiger partial charge on any atom is -0.478 e. The number of rotatable bonds is 9. The zero-order valence-corrected chi connectivity index (χ0v) is 27.8. The number of nitrogens with zero attached hydrogens (tertiary/aromatic N) is 2.